The van der Waals surface area contributed by atoms with Crippen LogP contribution in [0.2, 0.25) is 0 Å². The lowest BCUT2D eigenvalue weighted by molar-refractivity contribution is 0.430. The molecule has 0 aliphatic carbocycles. The normalized spacial score (nSPS) is 12.5. The van der Waals surface area contributed by atoms with Crippen molar-refractivity contribution in [3.8, 4) is 0 Å². The second kappa shape index (κ2) is 29.0. The molecule has 1 unspecified atom stereocenters. The van der Waals surface area contributed by atoms with E-state index in [9.17, 15) is 0 Å². The number of unbranched alkanes of at least 4 members (excludes halogenated alkanes) is 24. The molecule has 0 bridgehead atoms. The molecule has 0 rings (SSSR count). The van der Waals surface area contributed by atoms with E-state index in [1.54, 1.807) is 0 Å². The third kappa shape index (κ3) is 28.0. The molecular formula is C32H66. The summed E-state index contributed by atoms with van der Waals surface area (Å²) in [5.74, 6) is 0.969. The summed E-state index contributed by atoms with van der Waals surface area (Å²) in [6, 6.07) is 0. The van der Waals surface area contributed by atoms with Crippen LogP contribution in [0.5, 0.6) is 0 Å². The SMILES string of the molecule is CCCCCCCCCCCCCCCCCCCCC(C)CCCCCCCCCC. The van der Waals surface area contributed by atoms with E-state index in [1.165, 1.54) is 180 Å². The van der Waals surface area contributed by atoms with E-state index in [1.807, 2.05) is 0 Å². The summed E-state index contributed by atoms with van der Waals surface area (Å²) >= 11 is 0. The van der Waals surface area contributed by atoms with Crippen LogP contribution in [0.1, 0.15) is 201 Å². The van der Waals surface area contributed by atoms with Gasteiger partial charge >= 0.3 is 0 Å². The molecule has 0 nitrogen and oxygen atoms in total. The van der Waals surface area contributed by atoms with Gasteiger partial charge in [-0.25, -0.2) is 0 Å². The lowest BCUT2D eigenvalue weighted by atomic mass is 9.95. The van der Waals surface area contributed by atoms with Crippen LogP contribution >= 0.6 is 0 Å². The Kier molecular flexibility index (Phi) is 29.0. The van der Waals surface area contributed by atoms with Gasteiger partial charge in [0.05, 0.1) is 0 Å². The number of rotatable bonds is 28. The molecule has 0 aliphatic rings. The third-order valence-corrected chi connectivity index (χ3v) is 7.60. The van der Waals surface area contributed by atoms with E-state index >= 15 is 0 Å². The maximum atomic E-state index is 2.49. The van der Waals surface area contributed by atoms with Crippen molar-refractivity contribution in [1.82, 2.24) is 0 Å². The zero-order valence-electron chi connectivity index (χ0n) is 23.4. The predicted molar refractivity (Wildman–Crippen MR) is 150 cm³/mol. The largest absolute Gasteiger partial charge is 0.0654 e. The van der Waals surface area contributed by atoms with Gasteiger partial charge in [-0.05, 0) is 5.92 Å². The first kappa shape index (κ1) is 32.0. The maximum Gasteiger partial charge on any atom is -0.0443 e. The lowest BCUT2D eigenvalue weighted by Crippen LogP contribution is -1.95. The molecule has 0 heterocycles. The Hall–Kier alpha value is 0. The van der Waals surface area contributed by atoms with Crippen molar-refractivity contribution in [2.24, 2.45) is 5.92 Å². The van der Waals surface area contributed by atoms with Crippen molar-refractivity contribution >= 4 is 0 Å². The van der Waals surface area contributed by atoms with Gasteiger partial charge in [0, 0.05) is 0 Å². The molecule has 0 aromatic heterocycles. The molecule has 0 aromatic rings. The van der Waals surface area contributed by atoms with Crippen LogP contribution in [0, 0.1) is 5.92 Å². The Balaban J connectivity index is 3.10. The van der Waals surface area contributed by atoms with Crippen LogP contribution < -0.4 is 0 Å². The van der Waals surface area contributed by atoms with E-state index < -0.39 is 0 Å². The molecule has 194 valence electrons. The van der Waals surface area contributed by atoms with Gasteiger partial charge in [0.2, 0.25) is 0 Å². The Morgan fingerprint density at radius 2 is 0.469 bits per heavy atom. The van der Waals surface area contributed by atoms with Crippen molar-refractivity contribution in [2.75, 3.05) is 0 Å². The van der Waals surface area contributed by atoms with Gasteiger partial charge in [0.1, 0.15) is 0 Å². The zero-order chi connectivity index (χ0) is 23.4. The van der Waals surface area contributed by atoms with Crippen molar-refractivity contribution in [3.63, 3.8) is 0 Å². The predicted octanol–water partition coefficient (Wildman–Crippen LogP) is 12.6. The zero-order valence-corrected chi connectivity index (χ0v) is 23.4. The van der Waals surface area contributed by atoms with Crippen LogP contribution in [0.3, 0.4) is 0 Å². The fourth-order valence-electron chi connectivity index (χ4n) is 5.17. The lowest BCUT2D eigenvalue weighted by Gasteiger charge is -2.11. The highest BCUT2D eigenvalue weighted by atomic mass is 14.1. The van der Waals surface area contributed by atoms with E-state index in [4.69, 9.17) is 0 Å². The fraction of sp³-hybridized carbons (Fsp3) is 1.00. The molecule has 0 aliphatic heterocycles. The van der Waals surface area contributed by atoms with Crippen LogP contribution in [0.15, 0.2) is 0 Å². The summed E-state index contributed by atoms with van der Waals surface area (Å²) in [6.07, 6.45) is 41.3. The molecule has 0 N–H and O–H groups in total. The molecule has 1 atom stereocenters. The van der Waals surface area contributed by atoms with Crippen molar-refractivity contribution in [3.05, 3.63) is 0 Å². The third-order valence-electron chi connectivity index (χ3n) is 7.60. The standard InChI is InChI=1S/C32H66/c1-4-6-8-10-12-14-15-16-17-18-19-20-21-22-23-25-27-29-31-32(3)30-28-26-24-13-11-9-7-5-2/h32H,4-31H2,1-3H3. The summed E-state index contributed by atoms with van der Waals surface area (Å²) in [4.78, 5) is 0. The summed E-state index contributed by atoms with van der Waals surface area (Å²) in [5, 5.41) is 0. The Bertz CT molecular complexity index is 307. The highest BCUT2D eigenvalue weighted by molar-refractivity contribution is 4.56. The molecular weight excluding hydrogens is 384 g/mol. The smallest absolute Gasteiger partial charge is 0.0443 e. The van der Waals surface area contributed by atoms with Crippen LogP contribution in [0.25, 0.3) is 0 Å². The second-order valence-corrected chi connectivity index (χ2v) is 11.2. The molecule has 0 saturated carbocycles. The van der Waals surface area contributed by atoms with Crippen molar-refractivity contribution in [1.29, 1.82) is 0 Å². The Morgan fingerprint density at radius 1 is 0.281 bits per heavy atom. The Labute approximate surface area is 206 Å². The van der Waals surface area contributed by atoms with Crippen molar-refractivity contribution < 1.29 is 0 Å². The first-order chi connectivity index (χ1) is 15.8. The van der Waals surface area contributed by atoms with E-state index in [-0.39, 0.29) is 0 Å². The van der Waals surface area contributed by atoms with Gasteiger partial charge < -0.3 is 0 Å². The quantitative estimate of drug-likeness (QED) is 0.104. The molecule has 32 heavy (non-hydrogen) atoms. The van der Waals surface area contributed by atoms with Gasteiger partial charge in [-0.1, -0.05) is 201 Å². The number of hydrogen-bond acceptors (Lipinski definition) is 0. The van der Waals surface area contributed by atoms with Gasteiger partial charge in [-0.2, -0.15) is 0 Å². The second-order valence-electron chi connectivity index (χ2n) is 11.2. The first-order valence-corrected chi connectivity index (χ1v) is 15.8. The summed E-state index contributed by atoms with van der Waals surface area (Å²) < 4.78 is 0. The van der Waals surface area contributed by atoms with E-state index in [2.05, 4.69) is 20.8 Å². The fourth-order valence-corrected chi connectivity index (χ4v) is 5.17. The first-order valence-electron chi connectivity index (χ1n) is 15.8. The minimum Gasteiger partial charge on any atom is -0.0654 e. The molecule has 0 spiro atoms. The van der Waals surface area contributed by atoms with Gasteiger partial charge in [0.15, 0.2) is 0 Å². The highest BCUT2D eigenvalue weighted by Gasteiger charge is 2.02. The number of hydrogen-bond donors (Lipinski definition) is 0. The average molecular weight is 451 g/mol. The van der Waals surface area contributed by atoms with Crippen LogP contribution in [-0.2, 0) is 0 Å². The molecule has 0 radical (unpaired) electrons. The molecule has 0 heteroatoms. The van der Waals surface area contributed by atoms with Crippen LogP contribution in [-0.4, -0.2) is 0 Å². The summed E-state index contributed by atoms with van der Waals surface area (Å²) in [5.41, 5.74) is 0. The summed E-state index contributed by atoms with van der Waals surface area (Å²) in [7, 11) is 0. The highest BCUT2D eigenvalue weighted by Crippen LogP contribution is 2.19. The van der Waals surface area contributed by atoms with E-state index in [0.717, 1.165) is 5.92 Å². The van der Waals surface area contributed by atoms with Gasteiger partial charge in [0.25, 0.3) is 0 Å². The van der Waals surface area contributed by atoms with Crippen molar-refractivity contribution in [2.45, 2.75) is 201 Å². The molecule has 0 fully saturated rings. The topological polar surface area (TPSA) is 0 Å². The minimum absolute atomic E-state index is 0.969. The van der Waals surface area contributed by atoms with Gasteiger partial charge in [-0.3, -0.25) is 0 Å². The Morgan fingerprint density at radius 3 is 0.688 bits per heavy atom. The molecule has 0 saturated heterocycles. The maximum absolute atomic E-state index is 2.49. The minimum atomic E-state index is 0.969. The average Bonchev–Trinajstić information content (AvgIpc) is 2.80. The van der Waals surface area contributed by atoms with Crippen LogP contribution in [0.4, 0.5) is 0 Å². The van der Waals surface area contributed by atoms with E-state index in [0.29, 0.717) is 0 Å². The molecule has 0 amide bonds. The van der Waals surface area contributed by atoms with Gasteiger partial charge in [-0.15, -0.1) is 0 Å². The monoisotopic (exact) mass is 451 g/mol. The summed E-state index contributed by atoms with van der Waals surface area (Å²) in [6.45, 7) is 7.11. The molecule has 0 aromatic carbocycles.